The zero-order chi connectivity index (χ0) is 14.8. The summed E-state index contributed by atoms with van der Waals surface area (Å²) in [5, 5.41) is 10.9. The normalized spacial score (nSPS) is 13.3. The summed E-state index contributed by atoms with van der Waals surface area (Å²) in [4.78, 5) is 2.04. The first kappa shape index (κ1) is 14.2. The van der Waals surface area contributed by atoms with Crippen LogP contribution in [0.2, 0.25) is 0 Å². The number of hydrogen-bond acceptors (Lipinski definition) is 2. The molecule has 1 atom stereocenters. The van der Waals surface area contributed by atoms with Gasteiger partial charge in [-0.1, -0.05) is 42.3 Å². The number of anilines is 1. The lowest BCUT2D eigenvalue weighted by atomic mass is 9.86. The fourth-order valence-corrected chi connectivity index (χ4v) is 2.39. The van der Waals surface area contributed by atoms with Gasteiger partial charge in [-0.2, -0.15) is 0 Å². The van der Waals surface area contributed by atoms with Crippen molar-refractivity contribution in [3.8, 4) is 12.3 Å². The molecule has 2 heteroatoms. The van der Waals surface area contributed by atoms with E-state index in [1.807, 2.05) is 74.4 Å². The van der Waals surface area contributed by atoms with Crippen LogP contribution in [0.1, 0.15) is 16.7 Å². The first-order valence-electron chi connectivity index (χ1n) is 6.53. The summed E-state index contributed by atoms with van der Waals surface area (Å²) in [7, 11) is 3.99. The minimum Gasteiger partial charge on any atom is -0.377 e. The molecule has 0 radical (unpaired) electrons. The van der Waals surface area contributed by atoms with Gasteiger partial charge in [0.05, 0.1) is 0 Å². The highest BCUT2D eigenvalue weighted by molar-refractivity contribution is 5.56. The monoisotopic (exact) mass is 265 g/mol. The number of nitrogens with zero attached hydrogens (tertiary/aromatic N) is 1. The van der Waals surface area contributed by atoms with Crippen molar-refractivity contribution in [1.29, 1.82) is 0 Å². The van der Waals surface area contributed by atoms with Crippen LogP contribution in [0.3, 0.4) is 0 Å². The molecular formula is C18H19NO. The number of aryl methyl sites for hydroxylation is 1. The summed E-state index contributed by atoms with van der Waals surface area (Å²) >= 11 is 0. The molecule has 0 spiro atoms. The Hall–Kier alpha value is -2.24. The summed E-state index contributed by atoms with van der Waals surface area (Å²) in [5.74, 6) is 2.53. The summed E-state index contributed by atoms with van der Waals surface area (Å²) in [6, 6.07) is 15.1. The smallest absolute Gasteiger partial charge is 0.176 e. The average molecular weight is 265 g/mol. The van der Waals surface area contributed by atoms with Crippen molar-refractivity contribution in [3.63, 3.8) is 0 Å². The van der Waals surface area contributed by atoms with Crippen molar-refractivity contribution < 1.29 is 5.11 Å². The van der Waals surface area contributed by atoms with Crippen LogP contribution in [0.5, 0.6) is 0 Å². The fourth-order valence-electron chi connectivity index (χ4n) is 2.39. The van der Waals surface area contributed by atoms with Crippen LogP contribution in [0, 0.1) is 19.3 Å². The van der Waals surface area contributed by atoms with E-state index in [2.05, 4.69) is 5.92 Å². The highest BCUT2D eigenvalue weighted by atomic mass is 16.3. The van der Waals surface area contributed by atoms with Gasteiger partial charge in [0.25, 0.3) is 0 Å². The maximum atomic E-state index is 10.9. The maximum Gasteiger partial charge on any atom is 0.176 e. The van der Waals surface area contributed by atoms with E-state index in [-0.39, 0.29) is 0 Å². The largest absolute Gasteiger partial charge is 0.377 e. The van der Waals surface area contributed by atoms with Crippen molar-refractivity contribution in [2.75, 3.05) is 19.0 Å². The van der Waals surface area contributed by atoms with Crippen LogP contribution in [-0.4, -0.2) is 19.2 Å². The lowest BCUT2D eigenvalue weighted by molar-refractivity contribution is 0.145. The summed E-state index contributed by atoms with van der Waals surface area (Å²) in [6.07, 6.45) is 5.61. The van der Waals surface area contributed by atoms with Crippen LogP contribution in [-0.2, 0) is 5.60 Å². The Morgan fingerprint density at radius 3 is 2.20 bits per heavy atom. The lowest BCUT2D eigenvalue weighted by Gasteiger charge is -2.25. The molecule has 1 N–H and O–H groups in total. The van der Waals surface area contributed by atoms with Crippen LogP contribution in [0.4, 0.5) is 5.69 Å². The Morgan fingerprint density at radius 2 is 1.70 bits per heavy atom. The number of hydrogen-bond donors (Lipinski definition) is 1. The Morgan fingerprint density at radius 1 is 1.05 bits per heavy atom. The van der Waals surface area contributed by atoms with Crippen molar-refractivity contribution in [1.82, 2.24) is 0 Å². The highest BCUT2D eigenvalue weighted by Gasteiger charge is 2.29. The minimum atomic E-state index is -1.39. The maximum absolute atomic E-state index is 10.9. The van der Waals surface area contributed by atoms with Gasteiger partial charge >= 0.3 is 0 Å². The minimum absolute atomic E-state index is 0.708. The molecule has 1 unspecified atom stereocenters. The number of terminal acetylenes is 1. The second kappa shape index (κ2) is 5.40. The summed E-state index contributed by atoms with van der Waals surface area (Å²) < 4.78 is 0. The molecule has 102 valence electrons. The Bertz CT molecular complexity index is 640. The highest BCUT2D eigenvalue weighted by Crippen LogP contribution is 2.31. The van der Waals surface area contributed by atoms with Gasteiger partial charge in [0, 0.05) is 30.9 Å². The molecule has 0 aliphatic rings. The quantitative estimate of drug-likeness (QED) is 0.863. The molecule has 20 heavy (non-hydrogen) atoms. The van der Waals surface area contributed by atoms with E-state index in [0.29, 0.717) is 11.1 Å². The molecule has 2 rings (SSSR count). The van der Waals surface area contributed by atoms with Crippen LogP contribution in [0.25, 0.3) is 0 Å². The van der Waals surface area contributed by atoms with Gasteiger partial charge < -0.3 is 10.0 Å². The van der Waals surface area contributed by atoms with Crippen molar-refractivity contribution in [2.24, 2.45) is 0 Å². The molecule has 0 aromatic heterocycles. The number of rotatable bonds is 3. The summed E-state index contributed by atoms with van der Waals surface area (Å²) in [5.41, 5.74) is 2.23. The van der Waals surface area contributed by atoms with Crippen molar-refractivity contribution in [3.05, 3.63) is 65.2 Å². The predicted molar refractivity (Wildman–Crippen MR) is 83.8 cm³/mol. The molecule has 0 saturated heterocycles. The third-order valence-corrected chi connectivity index (χ3v) is 3.50. The molecule has 0 aliphatic carbocycles. The van der Waals surface area contributed by atoms with E-state index in [1.54, 1.807) is 0 Å². The van der Waals surface area contributed by atoms with Gasteiger partial charge in [0.2, 0.25) is 0 Å². The molecule has 0 saturated carbocycles. The SMILES string of the molecule is C#CC(O)(c1ccccc1)c1ccc(N(C)C)c(C)c1. The second-order valence-corrected chi connectivity index (χ2v) is 5.12. The second-order valence-electron chi connectivity index (χ2n) is 5.12. The molecular weight excluding hydrogens is 246 g/mol. The molecule has 0 amide bonds. The zero-order valence-corrected chi connectivity index (χ0v) is 12.1. The Kier molecular flexibility index (Phi) is 3.83. The van der Waals surface area contributed by atoms with E-state index >= 15 is 0 Å². The van der Waals surface area contributed by atoms with Crippen molar-refractivity contribution >= 4 is 5.69 Å². The first-order chi connectivity index (χ1) is 9.49. The van der Waals surface area contributed by atoms with Crippen molar-refractivity contribution in [2.45, 2.75) is 12.5 Å². The van der Waals surface area contributed by atoms with Crippen LogP contribution >= 0.6 is 0 Å². The van der Waals surface area contributed by atoms with Gasteiger partial charge in [0.15, 0.2) is 5.60 Å². The van der Waals surface area contributed by atoms with E-state index < -0.39 is 5.60 Å². The lowest BCUT2D eigenvalue weighted by Crippen LogP contribution is -2.25. The number of aliphatic hydroxyl groups is 1. The number of benzene rings is 2. The van der Waals surface area contributed by atoms with E-state index in [1.165, 1.54) is 0 Å². The molecule has 2 aromatic carbocycles. The van der Waals surface area contributed by atoms with E-state index in [4.69, 9.17) is 6.42 Å². The van der Waals surface area contributed by atoms with Gasteiger partial charge in [-0.3, -0.25) is 0 Å². The third-order valence-electron chi connectivity index (χ3n) is 3.50. The standard InChI is InChI=1S/C18H19NO/c1-5-18(20,15-9-7-6-8-10-15)16-11-12-17(19(3)4)14(2)13-16/h1,6-13,20H,2-4H3. The third kappa shape index (κ3) is 2.41. The van der Waals surface area contributed by atoms with Crippen LogP contribution in [0.15, 0.2) is 48.5 Å². The molecule has 2 nitrogen and oxygen atoms in total. The Balaban J connectivity index is 2.54. The fraction of sp³-hybridized carbons (Fsp3) is 0.222. The zero-order valence-electron chi connectivity index (χ0n) is 12.1. The molecule has 2 aromatic rings. The van der Waals surface area contributed by atoms with E-state index in [9.17, 15) is 5.11 Å². The van der Waals surface area contributed by atoms with Gasteiger partial charge in [-0.25, -0.2) is 0 Å². The predicted octanol–water partition coefficient (Wildman–Crippen LogP) is 2.93. The van der Waals surface area contributed by atoms with Gasteiger partial charge in [-0.15, -0.1) is 6.42 Å². The van der Waals surface area contributed by atoms with E-state index in [0.717, 1.165) is 11.3 Å². The van der Waals surface area contributed by atoms with Gasteiger partial charge in [-0.05, 0) is 24.6 Å². The Labute approximate surface area is 120 Å². The molecule has 0 aliphatic heterocycles. The topological polar surface area (TPSA) is 23.5 Å². The molecule has 0 heterocycles. The first-order valence-corrected chi connectivity index (χ1v) is 6.53. The van der Waals surface area contributed by atoms with Gasteiger partial charge in [0.1, 0.15) is 0 Å². The molecule has 0 bridgehead atoms. The molecule has 0 fully saturated rings. The summed E-state index contributed by atoms with van der Waals surface area (Å²) in [6.45, 7) is 2.01. The van der Waals surface area contributed by atoms with Crippen LogP contribution < -0.4 is 4.90 Å². The average Bonchev–Trinajstić information content (AvgIpc) is 2.46.